The summed E-state index contributed by atoms with van der Waals surface area (Å²) in [5.74, 6) is -0.309. The first-order chi connectivity index (χ1) is 6.79. The summed E-state index contributed by atoms with van der Waals surface area (Å²) in [5, 5.41) is 0.383. The van der Waals surface area contributed by atoms with E-state index in [4.69, 9.17) is 10.6 Å². The van der Waals surface area contributed by atoms with E-state index in [1.165, 1.54) is 0 Å². The first kappa shape index (κ1) is 11.9. The normalized spacial score (nSPS) is 11.5. The zero-order chi connectivity index (χ0) is 11.6. The van der Waals surface area contributed by atoms with Crippen LogP contribution in [0.4, 0.5) is 5.13 Å². The maximum Gasteiger partial charge on any atom is 0.286 e. The average Bonchev–Trinajstić information content (AvgIpc) is 2.40. The number of nitrogens with two attached hydrogens (primary N) is 1. The Labute approximate surface area is 92.6 Å². The first-order valence-corrected chi connectivity index (χ1v) is 5.32. The molecule has 0 aromatic carbocycles. The third-order valence-corrected chi connectivity index (χ3v) is 2.45. The minimum absolute atomic E-state index is 0.309. The summed E-state index contributed by atoms with van der Waals surface area (Å²) in [7, 11) is 0. The van der Waals surface area contributed by atoms with Gasteiger partial charge in [0, 0.05) is 0 Å². The number of carbonyl (C=O) groups is 1. The predicted octanol–water partition coefficient (Wildman–Crippen LogP) is 1.49. The average molecular weight is 229 g/mol. The van der Waals surface area contributed by atoms with Crippen LogP contribution in [0.15, 0.2) is 0 Å². The fraction of sp³-hybridized carbons (Fsp3) is 0.556. The van der Waals surface area contributed by atoms with Gasteiger partial charge in [-0.2, -0.15) is 0 Å². The molecule has 15 heavy (non-hydrogen) atoms. The van der Waals surface area contributed by atoms with Crippen LogP contribution in [0.1, 0.15) is 36.1 Å². The summed E-state index contributed by atoms with van der Waals surface area (Å²) in [6, 6.07) is 0. The summed E-state index contributed by atoms with van der Waals surface area (Å²) < 4.78 is 0. The summed E-state index contributed by atoms with van der Waals surface area (Å²) in [4.78, 5) is 21.2. The molecule has 0 saturated carbocycles. The summed E-state index contributed by atoms with van der Waals surface area (Å²) in [6.07, 6.45) is 0. The van der Waals surface area contributed by atoms with Crippen LogP contribution in [0, 0.1) is 6.92 Å². The minimum atomic E-state index is -0.417. The molecule has 0 atom stereocenters. The number of carbonyl (C=O) groups excluding carboxylic acids is 1. The Morgan fingerprint density at radius 1 is 1.53 bits per heavy atom. The Hall–Kier alpha value is -1.14. The summed E-state index contributed by atoms with van der Waals surface area (Å²) in [5.41, 5.74) is 8.06. The van der Waals surface area contributed by atoms with Gasteiger partial charge in [0.1, 0.15) is 4.88 Å². The molecule has 0 bridgehead atoms. The van der Waals surface area contributed by atoms with Crippen LogP contribution < -0.4 is 11.2 Å². The zero-order valence-electron chi connectivity index (χ0n) is 9.25. The second kappa shape index (κ2) is 4.16. The molecule has 1 amide bonds. The third-order valence-electron chi connectivity index (χ3n) is 1.47. The van der Waals surface area contributed by atoms with Crippen molar-refractivity contribution in [2.45, 2.75) is 33.3 Å². The van der Waals surface area contributed by atoms with Gasteiger partial charge in [-0.15, -0.1) is 0 Å². The second-order valence-electron chi connectivity index (χ2n) is 4.11. The number of nitrogen functional groups attached to an aromatic ring is 1. The number of anilines is 1. The molecule has 0 aliphatic rings. The van der Waals surface area contributed by atoms with Crippen molar-refractivity contribution in [3.05, 3.63) is 10.6 Å². The zero-order valence-corrected chi connectivity index (χ0v) is 10.1. The van der Waals surface area contributed by atoms with Crippen LogP contribution in [0.25, 0.3) is 0 Å². The lowest BCUT2D eigenvalue weighted by molar-refractivity contribution is -0.0588. The maximum absolute atomic E-state index is 11.6. The highest BCUT2D eigenvalue weighted by Crippen LogP contribution is 2.19. The molecule has 0 spiro atoms. The van der Waals surface area contributed by atoms with Gasteiger partial charge in [-0.05, 0) is 27.7 Å². The van der Waals surface area contributed by atoms with Gasteiger partial charge in [0.2, 0.25) is 0 Å². The van der Waals surface area contributed by atoms with Crippen LogP contribution in [-0.2, 0) is 4.84 Å². The Bertz CT molecular complexity index is 368. The quantitative estimate of drug-likeness (QED) is 0.753. The van der Waals surface area contributed by atoms with Crippen LogP contribution in [-0.4, -0.2) is 16.5 Å². The maximum atomic E-state index is 11.6. The highest BCUT2D eigenvalue weighted by atomic mass is 32.1. The monoisotopic (exact) mass is 229 g/mol. The SMILES string of the molecule is Cc1nc(N)sc1C(=O)NOC(C)(C)C. The number of aromatic nitrogens is 1. The van der Waals surface area contributed by atoms with E-state index in [1.54, 1.807) is 6.92 Å². The standard InChI is InChI=1S/C9H15N3O2S/c1-5-6(15-8(10)11-5)7(13)12-14-9(2,3)4/h1-4H3,(H2,10,11)(H,12,13). The molecule has 0 fully saturated rings. The molecule has 0 aliphatic heterocycles. The number of hydrogen-bond donors (Lipinski definition) is 2. The van der Waals surface area contributed by atoms with Gasteiger partial charge >= 0.3 is 0 Å². The lowest BCUT2D eigenvalue weighted by atomic mass is 10.2. The lowest BCUT2D eigenvalue weighted by Crippen LogP contribution is -2.33. The van der Waals surface area contributed by atoms with Gasteiger partial charge in [0.15, 0.2) is 5.13 Å². The molecule has 84 valence electrons. The van der Waals surface area contributed by atoms with E-state index in [2.05, 4.69) is 10.5 Å². The number of rotatable bonds is 2. The van der Waals surface area contributed by atoms with E-state index < -0.39 is 5.60 Å². The summed E-state index contributed by atoms with van der Waals surface area (Å²) >= 11 is 1.15. The highest BCUT2D eigenvalue weighted by molar-refractivity contribution is 7.17. The van der Waals surface area contributed by atoms with Crippen molar-refractivity contribution in [2.75, 3.05) is 5.73 Å². The van der Waals surface area contributed by atoms with Crippen molar-refractivity contribution >= 4 is 22.4 Å². The molecule has 0 radical (unpaired) electrons. The number of aryl methyl sites for hydroxylation is 1. The molecular formula is C9H15N3O2S. The van der Waals surface area contributed by atoms with Crippen molar-refractivity contribution in [3.63, 3.8) is 0 Å². The van der Waals surface area contributed by atoms with Crippen molar-refractivity contribution < 1.29 is 9.63 Å². The molecule has 3 N–H and O–H groups in total. The van der Waals surface area contributed by atoms with E-state index in [-0.39, 0.29) is 5.91 Å². The second-order valence-corrected chi connectivity index (χ2v) is 5.14. The van der Waals surface area contributed by atoms with Gasteiger partial charge < -0.3 is 5.73 Å². The molecule has 0 unspecified atom stereocenters. The highest BCUT2D eigenvalue weighted by Gasteiger charge is 2.17. The molecular weight excluding hydrogens is 214 g/mol. The Balaban J connectivity index is 2.66. The molecule has 1 heterocycles. The fourth-order valence-corrected chi connectivity index (χ4v) is 1.59. The predicted molar refractivity (Wildman–Crippen MR) is 59.6 cm³/mol. The van der Waals surface area contributed by atoms with Crippen molar-refractivity contribution in [2.24, 2.45) is 0 Å². The van der Waals surface area contributed by atoms with Gasteiger partial charge in [0.05, 0.1) is 11.3 Å². The van der Waals surface area contributed by atoms with E-state index in [0.717, 1.165) is 11.3 Å². The molecule has 1 aromatic rings. The largest absolute Gasteiger partial charge is 0.375 e. The number of nitrogens with one attached hydrogen (secondary N) is 1. The number of hydrogen-bond acceptors (Lipinski definition) is 5. The Morgan fingerprint density at radius 3 is 2.53 bits per heavy atom. The van der Waals surface area contributed by atoms with Gasteiger partial charge in [-0.1, -0.05) is 11.3 Å². The van der Waals surface area contributed by atoms with Crippen LogP contribution >= 0.6 is 11.3 Å². The number of amides is 1. The van der Waals surface area contributed by atoms with E-state index in [1.807, 2.05) is 20.8 Å². The summed E-state index contributed by atoms with van der Waals surface area (Å²) in [6.45, 7) is 7.28. The molecule has 1 rings (SSSR count). The number of thiazole rings is 1. The fourth-order valence-electron chi connectivity index (χ4n) is 0.874. The first-order valence-electron chi connectivity index (χ1n) is 4.51. The van der Waals surface area contributed by atoms with Crippen LogP contribution in [0.5, 0.6) is 0 Å². The van der Waals surface area contributed by atoms with Crippen LogP contribution in [0.2, 0.25) is 0 Å². The molecule has 0 saturated heterocycles. The van der Waals surface area contributed by atoms with Gasteiger partial charge in [-0.3, -0.25) is 9.63 Å². The minimum Gasteiger partial charge on any atom is -0.375 e. The smallest absolute Gasteiger partial charge is 0.286 e. The number of hydroxylamine groups is 1. The van der Waals surface area contributed by atoms with Crippen molar-refractivity contribution in [3.8, 4) is 0 Å². The Kier molecular flexibility index (Phi) is 3.31. The lowest BCUT2D eigenvalue weighted by Gasteiger charge is -2.18. The van der Waals surface area contributed by atoms with E-state index in [0.29, 0.717) is 15.7 Å². The number of nitrogens with zero attached hydrogens (tertiary/aromatic N) is 1. The molecule has 5 nitrogen and oxygen atoms in total. The van der Waals surface area contributed by atoms with Gasteiger partial charge in [-0.25, -0.2) is 10.5 Å². The van der Waals surface area contributed by atoms with E-state index >= 15 is 0 Å². The van der Waals surface area contributed by atoms with Crippen LogP contribution in [0.3, 0.4) is 0 Å². The molecule has 6 heteroatoms. The van der Waals surface area contributed by atoms with Gasteiger partial charge in [0.25, 0.3) is 5.91 Å². The topological polar surface area (TPSA) is 77.2 Å². The molecule has 0 aliphatic carbocycles. The molecule has 1 aromatic heterocycles. The Morgan fingerprint density at radius 2 is 2.13 bits per heavy atom. The van der Waals surface area contributed by atoms with E-state index in [9.17, 15) is 4.79 Å². The van der Waals surface area contributed by atoms with Crippen molar-refractivity contribution in [1.82, 2.24) is 10.5 Å². The van der Waals surface area contributed by atoms with Crippen molar-refractivity contribution in [1.29, 1.82) is 0 Å². The third kappa shape index (κ3) is 3.49.